The number of hydrogen-bond donors (Lipinski definition) is 0. The van der Waals surface area contributed by atoms with Gasteiger partial charge in [0.1, 0.15) is 22.8 Å². The van der Waals surface area contributed by atoms with Gasteiger partial charge in [0.2, 0.25) is 0 Å². The van der Waals surface area contributed by atoms with E-state index in [4.69, 9.17) is 18.6 Å². The van der Waals surface area contributed by atoms with Crippen LogP contribution in [0.5, 0.6) is 17.2 Å². The maximum absolute atomic E-state index is 13.0. The van der Waals surface area contributed by atoms with Gasteiger partial charge in [0.25, 0.3) is 0 Å². The maximum Gasteiger partial charge on any atom is 0.419 e. The van der Waals surface area contributed by atoms with E-state index in [-0.39, 0.29) is 5.75 Å². The number of para-hydroxylation sites is 1. The third-order valence-electron chi connectivity index (χ3n) is 5.44. The second-order valence-corrected chi connectivity index (χ2v) is 7.38. The van der Waals surface area contributed by atoms with Crippen molar-refractivity contribution in [2.24, 2.45) is 0 Å². The molecule has 1 amide bonds. The number of anilines is 1. The number of rotatable bonds is 5. The molecule has 0 bridgehead atoms. The fraction of sp³-hybridized carbons (Fsp3) is 0.154. The molecule has 0 N–H and O–H groups in total. The molecule has 1 heterocycles. The van der Waals surface area contributed by atoms with Crippen molar-refractivity contribution < 1.29 is 23.4 Å². The lowest BCUT2D eigenvalue weighted by Gasteiger charge is -2.17. The van der Waals surface area contributed by atoms with E-state index in [9.17, 15) is 9.59 Å². The number of hydrogen-bond acceptors (Lipinski definition) is 6. The van der Waals surface area contributed by atoms with Crippen molar-refractivity contribution in [1.29, 1.82) is 0 Å². The lowest BCUT2D eigenvalue weighted by Crippen LogP contribution is -2.29. The molecule has 168 valence electrons. The van der Waals surface area contributed by atoms with Crippen LogP contribution in [0.4, 0.5) is 10.5 Å². The summed E-state index contributed by atoms with van der Waals surface area (Å²) in [7, 11) is 4.71. The number of amides is 1. The number of fused-ring (bicyclic) bond motifs is 1. The van der Waals surface area contributed by atoms with Gasteiger partial charge in [0.15, 0.2) is 0 Å². The Labute approximate surface area is 190 Å². The molecule has 4 aromatic rings. The van der Waals surface area contributed by atoms with Gasteiger partial charge in [-0.25, -0.2) is 9.59 Å². The second kappa shape index (κ2) is 9.08. The first-order chi connectivity index (χ1) is 15.9. The molecule has 3 aromatic carbocycles. The van der Waals surface area contributed by atoms with Crippen LogP contribution in [0.15, 0.2) is 75.9 Å². The van der Waals surface area contributed by atoms with E-state index in [0.717, 1.165) is 0 Å². The molecule has 0 aliphatic heterocycles. The smallest absolute Gasteiger partial charge is 0.419 e. The summed E-state index contributed by atoms with van der Waals surface area (Å²) in [4.78, 5) is 26.9. The fourth-order valence-electron chi connectivity index (χ4n) is 3.65. The Hall–Kier alpha value is -4.26. The number of carbonyl (C=O) groups is 1. The lowest BCUT2D eigenvalue weighted by atomic mass is 9.98. The van der Waals surface area contributed by atoms with Crippen LogP contribution in [0.25, 0.3) is 22.1 Å². The van der Waals surface area contributed by atoms with Gasteiger partial charge in [-0.1, -0.05) is 18.2 Å². The number of carbonyl (C=O) groups excluding carboxylic acids is 1. The molecule has 0 saturated heterocycles. The minimum atomic E-state index is -0.558. The highest BCUT2D eigenvalue weighted by molar-refractivity contribution is 5.91. The summed E-state index contributed by atoms with van der Waals surface area (Å²) < 4.78 is 21.9. The molecule has 0 spiro atoms. The van der Waals surface area contributed by atoms with E-state index in [1.54, 1.807) is 56.6 Å². The Kier molecular flexibility index (Phi) is 6.04. The van der Waals surface area contributed by atoms with Crippen LogP contribution in [-0.2, 0) is 0 Å². The predicted octanol–water partition coefficient (Wildman–Crippen LogP) is 5.42. The van der Waals surface area contributed by atoms with Crippen molar-refractivity contribution >= 4 is 22.7 Å². The molecule has 4 rings (SSSR count). The molecule has 0 fully saturated rings. The zero-order valence-corrected chi connectivity index (χ0v) is 18.7. The molecular weight excluding hydrogens is 422 g/mol. The molecular formula is C26H23NO6. The van der Waals surface area contributed by atoms with Crippen LogP contribution in [0.1, 0.15) is 5.56 Å². The summed E-state index contributed by atoms with van der Waals surface area (Å²) in [5, 5.41) is 0.714. The lowest BCUT2D eigenvalue weighted by molar-refractivity contribution is 0.209. The molecule has 7 nitrogen and oxygen atoms in total. The third-order valence-corrected chi connectivity index (χ3v) is 5.44. The molecule has 0 radical (unpaired) electrons. The van der Waals surface area contributed by atoms with E-state index in [1.807, 2.05) is 25.1 Å². The van der Waals surface area contributed by atoms with E-state index >= 15 is 0 Å². The van der Waals surface area contributed by atoms with Gasteiger partial charge in [0.05, 0.1) is 19.8 Å². The molecule has 33 heavy (non-hydrogen) atoms. The Morgan fingerprint density at radius 1 is 0.909 bits per heavy atom. The van der Waals surface area contributed by atoms with Crippen LogP contribution in [0.2, 0.25) is 0 Å². The predicted molar refractivity (Wildman–Crippen MR) is 127 cm³/mol. The first kappa shape index (κ1) is 22.0. The topological polar surface area (TPSA) is 78.2 Å². The molecule has 1 aromatic heterocycles. The quantitative estimate of drug-likeness (QED) is 0.382. The van der Waals surface area contributed by atoms with Crippen LogP contribution in [-0.4, -0.2) is 27.4 Å². The van der Waals surface area contributed by atoms with E-state index in [2.05, 4.69) is 0 Å². The van der Waals surface area contributed by atoms with Crippen LogP contribution in [0.3, 0.4) is 0 Å². The number of methoxy groups -OCH3 is 2. The van der Waals surface area contributed by atoms with Crippen LogP contribution >= 0.6 is 0 Å². The monoisotopic (exact) mass is 445 g/mol. The second-order valence-electron chi connectivity index (χ2n) is 7.38. The highest BCUT2D eigenvalue weighted by Gasteiger charge is 2.19. The molecule has 0 aliphatic carbocycles. The van der Waals surface area contributed by atoms with Gasteiger partial charge in [-0.2, -0.15) is 0 Å². The normalized spacial score (nSPS) is 10.7. The summed E-state index contributed by atoms with van der Waals surface area (Å²) in [5.41, 5.74) is 2.15. The molecule has 7 heteroatoms. The van der Waals surface area contributed by atoms with Crippen molar-refractivity contribution in [2.45, 2.75) is 6.92 Å². The van der Waals surface area contributed by atoms with Gasteiger partial charge in [0, 0.05) is 29.8 Å². The average Bonchev–Trinajstić information content (AvgIpc) is 2.83. The summed E-state index contributed by atoms with van der Waals surface area (Å²) in [6, 6.07) is 19.3. The molecule has 0 atom stereocenters. The van der Waals surface area contributed by atoms with Gasteiger partial charge in [-0.05, 0) is 55.0 Å². The van der Waals surface area contributed by atoms with E-state index in [1.165, 1.54) is 18.1 Å². The minimum Gasteiger partial charge on any atom is -0.497 e. The van der Waals surface area contributed by atoms with Gasteiger partial charge in [-0.15, -0.1) is 0 Å². The molecule has 0 unspecified atom stereocenters. The fourth-order valence-corrected chi connectivity index (χ4v) is 3.65. The molecule has 0 aliphatic rings. The summed E-state index contributed by atoms with van der Waals surface area (Å²) in [6.45, 7) is 1.84. The Morgan fingerprint density at radius 2 is 1.64 bits per heavy atom. The highest BCUT2D eigenvalue weighted by Crippen LogP contribution is 2.36. The summed E-state index contributed by atoms with van der Waals surface area (Å²) in [5.74, 6) is 1.39. The zero-order chi connectivity index (χ0) is 23.5. The third kappa shape index (κ3) is 4.25. The summed E-state index contributed by atoms with van der Waals surface area (Å²) >= 11 is 0. The average molecular weight is 445 g/mol. The first-order valence-corrected chi connectivity index (χ1v) is 10.2. The largest absolute Gasteiger partial charge is 0.497 e. The van der Waals surface area contributed by atoms with Crippen molar-refractivity contribution in [3.05, 3.63) is 82.7 Å². The Morgan fingerprint density at radius 3 is 2.33 bits per heavy atom. The first-order valence-electron chi connectivity index (χ1n) is 10.2. The highest BCUT2D eigenvalue weighted by atomic mass is 16.6. The Balaban J connectivity index is 1.71. The SMILES string of the molecule is COc1ccc(OC)c(-c2c(C)c3ccc(OC(=O)N(C)c4ccccc4)cc3oc2=O)c1. The van der Waals surface area contributed by atoms with Gasteiger partial charge in [-0.3, -0.25) is 4.90 Å². The number of benzene rings is 3. The van der Waals surface area contributed by atoms with Crippen LogP contribution in [0, 0.1) is 6.92 Å². The maximum atomic E-state index is 13.0. The standard InChI is InChI=1S/C26H23NO6/c1-16-20-12-10-19(32-26(29)27(2)17-8-6-5-7-9-17)15-23(20)33-25(28)24(16)21-14-18(30-3)11-13-22(21)31-4/h5-15H,1-4H3. The van der Waals surface area contributed by atoms with Gasteiger partial charge >= 0.3 is 11.7 Å². The number of aryl methyl sites for hydroxylation is 1. The van der Waals surface area contributed by atoms with Crippen molar-refractivity contribution in [3.63, 3.8) is 0 Å². The number of ether oxygens (including phenoxy) is 3. The van der Waals surface area contributed by atoms with Crippen molar-refractivity contribution in [1.82, 2.24) is 0 Å². The van der Waals surface area contributed by atoms with E-state index in [0.29, 0.717) is 44.8 Å². The summed E-state index contributed by atoms with van der Waals surface area (Å²) in [6.07, 6.45) is -0.558. The van der Waals surface area contributed by atoms with Gasteiger partial charge < -0.3 is 18.6 Å². The number of nitrogens with zero attached hydrogens (tertiary/aromatic N) is 1. The Bertz CT molecular complexity index is 1380. The van der Waals surface area contributed by atoms with Crippen molar-refractivity contribution in [2.75, 3.05) is 26.2 Å². The van der Waals surface area contributed by atoms with E-state index < -0.39 is 11.7 Å². The molecule has 0 saturated carbocycles. The minimum absolute atomic E-state index is 0.268. The zero-order valence-electron chi connectivity index (χ0n) is 18.7. The van der Waals surface area contributed by atoms with Crippen LogP contribution < -0.4 is 24.7 Å². The van der Waals surface area contributed by atoms with Crippen molar-refractivity contribution in [3.8, 4) is 28.4 Å².